The van der Waals surface area contributed by atoms with Crippen LogP contribution in [0.25, 0.3) is 0 Å². The van der Waals surface area contributed by atoms with Crippen LogP contribution in [0.5, 0.6) is 0 Å². The lowest BCUT2D eigenvalue weighted by atomic mass is 10.4. The molecule has 14 heavy (non-hydrogen) atoms. The summed E-state index contributed by atoms with van der Waals surface area (Å²) in [6.07, 6.45) is 2.76. The summed E-state index contributed by atoms with van der Waals surface area (Å²) in [6, 6.07) is 0. The van der Waals surface area contributed by atoms with Crippen LogP contribution in [0.1, 0.15) is 26.2 Å². The van der Waals surface area contributed by atoms with Gasteiger partial charge in [0, 0.05) is 13.1 Å². The van der Waals surface area contributed by atoms with E-state index in [9.17, 15) is 8.42 Å². The van der Waals surface area contributed by atoms with Crippen LogP contribution in [0.3, 0.4) is 0 Å². The fraction of sp³-hybridized carbons (Fsp3) is 1.00. The van der Waals surface area contributed by atoms with Crippen LogP contribution in [-0.4, -0.2) is 44.7 Å². The van der Waals surface area contributed by atoms with Crippen molar-refractivity contribution in [2.45, 2.75) is 26.2 Å². The Bertz CT molecular complexity index is 246. The minimum atomic E-state index is -2.95. The summed E-state index contributed by atoms with van der Waals surface area (Å²) in [4.78, 5) is 0. The Labute approximate surface area is 86.7 Å². The van der Waals surface area contributed by atoms with Gasteiger partial charge in [-0.1, -0.05) is 6.92 Å². The topological polar surface area (TPSA) is 49.4 Å². The molecule has 84 valence electrons. The Balaban J connectivity index is 2.26. The Hall–Kier alpha value is -0.130. The van der Waals surface area contributed by atoms with Gasteiger partial charge < -0.3 is 5.32 Å². The number of sulfonamides is 1. The minimum absolute atomic E-state index is 0.292. The second kappa shape index (κ2) is 5.68. The number of rotatable bonds is 6. The van der Waals surface area contributed by atoms with E-state index in [0.29, 0.717) is 12.2 Å². The van der Waals surface area contributed by atoms with Gasteiger partial charge in [-0.3, -0.25) is 0 Å². The number of hydrogen-bond acceptors (Lipinski definition) is 3. The summed E-state index contributed by atoms with van der Waals surface area (Å²) < 4.78 is 25.0. The zero-order valence-electron chi connectivity index (χ0n) is 8.83. The third-order valence-corrected chi connectivity index (χ3v) is 4.42. The van der Waals surface area contributed by atoms with Gasteiger partial charge in [0.1, 0.15) is 0 Å². The van der Waals surface area contributed by atoms with Crippen LogP contribution in [0, 0.1) is 0 Å². The highest BCUT2D eigenvalue weighted by Crippen LogP contribution is 2.13. The first-order chi connectivity index (χ1) is 6.67. The fourth-order valence-electron chi connectivity index (χ4n) is 1.65. The van der Waals surface area contributed by atoms with Crippen LogP contribution in [0.4, 0.5) is 0 Å². The average molecular weight is 220 g/mol. The number of hydrogen-bond donors (Lipinski definition) is 1. The lowest BCUT2D eigenvalue weighted by molar-refractivity contribution is 0.475. The van der Waals surface area contributed by atoms with Crippen LogP contribution in [0.15, 0.2) is 0 Å². The molecular formula is C9H20N2O2S. The molecule has 0 amide bonds. The second-order valence-electron chi connectivity index (χ2n) is 3.63. The van der Waals surface area contributed by atoms with E-state index in [-0.39, 0.29) is 0 Å². The molecule has 0 atom stereocenters. The summed E-state index contributed by atoms with van der Waals surface area (Å²) >= 11 is 0. The van der Waals surface area contributed by atoms with Crippen molar-refractivity contribution in [2.75, 3.05) is 31.9 Å². The largest absolute Gasteiger partial charge is 0.317 e. The molecule has 0 radical (unpaired) electrons. The molecule has 1 N–H and O–H groups in total. The maximum Gasteiger partial charge on any atom is 0.214 e. The van der Waals surface area contributed by atoms with E-state index in [2.05, 4.69) is 5.32 Å². The van der Waals surface area contributed by atoms with Crippen molar-refractivity contribution in [1.29, 1.82) is 0 Å². The van der Waals surface area contributed by atoms with Crippen molar-refractivity contribution in [3.05, 3.63) is 0 Å². The lowest BCUT2D eigenvalue weighted by Gasteiger charge is -2.15. The highest BCUT2D eigenvalue weighted by Gasteiger charge is 2.24. The number of nitrogens with zero attached hydrogens (tertiary/aromatic N) is 1. The zero-order chi connectivity index (χ0) is 10.4. The monoisotopic (exact) mass is 220 g/mol. The van der Waals surface area contributed by atoms with Gasteiger partial charge in [-0.15, -0.1) is 0 Å². The Morgan fingerprint density at radius 1 is 1.29 bits per heavy atom. The molecular weight excluding hydrogens is 200 g/mol. The molecule has 0 saturated carbocycles. The van der Waals surface area contributed by atoms with Gasteiger partial charge in [-0.2, -0.15) is 0 Å². The van der Waals surface area contributed by atoms with Gasteiger partial charge in [-0.05, 0) is 32.4 Å². The SMILES string of the molecule is CCNCCCS(=O)(=O)N1CCCC1. The van der Waals surface area contributed by atoms with Gasteiger partial charge in [0.2, 0.25) is 10.0 Å². The predicted molar refractivity (Wildman–Crippen MR) is 57.8 cm³/mol. The summed E-state index contributed by atoms with van der Waals surface area (Å²) in [7, 11) is -2.95. The van der Waals surface area contributed by atoms with Gasteiger partial charge >= 0.3 is 0 Å². The molecule has 1 fully saturated rings. The van der Waals surface area contributed by atoms with Gasteiger partial charge in [0.15, 0.2) is 0 Å². The van der Waals surface area contributed by atoms with Crippen molar-refractivity contribution in [3.63, 3.8) is 0 Å². The molecule has 4 nitrogen and oxygen atoms in total. The maximum absolute atomic E-state index is 11.7. The molecule has 0 aromatic heterocycles. The number of nitrogens with one attached hydrogen (secondary N) is 1. The summed E-state index contributed by atoms with van der Waals surface area (Å²) in [6.45, 7) is 5.18. The lowest BCUT2D eigenvalue weighted by Crippen LogP contribution is -2.31. The van der Waals surface area contributed by atoms with Gasteiger partial charge in [0.25, 0.3) is 0 Å². The third kappa shape index (κ3) is 3.55. The maximum atomic E-state index is 11.7. The molecule has 1 rings (SSSR count). The molecule has 1 heterocycles. The smallest absolute Gasteiger partial charge is 0.214 e. The molecule has 0 aromatic rings. The normalized spacial score (nSPS) is 18.9. The van der Waals surface area contributed by atoms with Crippen LogP contribution < -0.4 is 5.32 Å². The van der Waals surface area contributed by atoms with E-state index in [0.717, 1.165) is 39.0 Å². The Morgan fingerprint density at radius 3 is 2.50 bits per heavy atom. The van der Waals surface area contributed by atoms with Crippen molar-refractivity contribution >= 4 is 10.0 Å². The first-order valence-electron chi connectivity index (χ1n) is 5.35. The first kappa shape index (κ1) is 11.9. The molecule has 0 bridgehead atoms. The van der Waals surface area contributed by atoms with Crippen molar-refractivity contribution in [2.24, 2.45) is 0 Å². The summed E-state index contributed by atoms with van der Waals surface area (Å²) in [5.74, 6) is 0.292. The van der Waals surface area contributed by atoms with Crippen LogP contribution in [-0.2, 0) is 10.0 Å². The van der Waals surface area contributed by atoms with E-state index in [1.165, 1.54) is 0 Å². The van der Waals surface area contributed by atoms with Crippen molar-refractivity contribution in [3.8, 4) is 0 Å². The second-order valence-corrected chi connectivity index (χ2v) is 5.72. The molecule has 0 aliphatic carbocycles. The molecule has 5 heteroatoms. The van der Waals surface area contributed by atoms with Crippen molar-refractivity contribution in [1.82, 2.24) is 9.62 Å². The van der Waals surface area contributed by atoms with E-state index < -0.39 is 10.0 Å². The molecule has 1 aliphatic rings. The molecule has 1 saturated heterocycles. The molecule has 0 unspecified atom stereocenters. The van der Waals surface area contributed by atoms with Crippen LogP contribution >= 0.6 is 0 Å². The molecule has 0 spiro atoms. The highest BCUT2D eigenvalue weighted by atomic mass is 32.2. The van der Waals surface area contributed by atoms with Gasteiger partial charge in [0.05, 0.1) is 5.75 Å². The molecule has 1 aliphatic heterocycles. The Kier molecular flexibility index (Phi) is 4.84. The fourth-order valence-corrected chi connectivity index (χ4v) is 3.23. The Morgan fingerprint density at radius 2 is 1.93 bits per heavy atom. The van der Waals surface area contributed by atoms with E-state index >= 15 is 0 Å². The third-order valence-electron chi connectivity index (χ3n) is 2.46. The van der Waals surface area contributed by atoms with Gasteiger partial charge in [-0.25, -0.2) is 12.7 Å². The highest BCUT2D eigenvalue weighted by molar-refractivity contribution is 7.89. The summed E-state index contributed by atoms with van der Waals surface area (Å²) in [5.41, 5.74) is 0. The van der Waals surface area contributed by atoms with Crippen LogP contribution in [0.2, 0.25) is 0 Å². The van der Waals surface area contributed by atoms with E-state index in [1.54, 1.807) is 4.31 Å². The quantitative estimate of drug-likeness (QED) is 0.660. The minimum Gasteiger partial charge on any atom is -0.317 e. The predicted octanol–water partition coefficient (Wildman–Crippen LogP) is 0.412. The average Bonchev–Trinajstić information content (AvgIpc) is 2.65. The van der Waals surface area contributed by atoms with E-state index in [4.69, 9.17) is 0 Å². The standard InChI is InChI=1S/C9H20N2O2S/c1-2-10-6-5-9-14(12,13)11-7-3-4-8-11/h10H,2-9H2,1H3. The van der Waals surface area contributed by atoms with E-state index in [1.807, 2.05) is 6.92 Å². The first-order valence-corrected chi connectivity index (χ1v) is 6.96. The molecule has 0 aromatic carbocycles. The summed E-state index contributed by atoms with van der Waals surface area (Å²) in [5, 5.41) is 3.13. The zero-order valence-corrected chi connectivity index (χ0v) is 9.65. The van der Waals surface area contributed by atoms with Crippen molar-refractivity contribution < 1.29 is 8.42 Å².